The minimum Gasteiger partial charge on any atom is -0.344 e. The molecule has 2 nitrogen and oxygen atoms in total. The van der Waals surface area contributed by atoms with Crippen molar-refractivity contribution in [2.45, 2.75) is 25.7 Å². The van der Waals surface area contributed by atoms with Crippen LogP contribution in [-0.2, 0) is 0 Å². The molecule has 86 valence electrons. The van der Waals surface area contributed by atoms with Gasteiger partial charge in [0, 0.05) is 23.1 Å². The van der Waals surface area contributed by atoms with Gasteiger partial charge in [-0.3, -0.25) is 4.99 Å². The van der Waals surface area contributed by atoms with Crippen LogP contribution in [0.3, 0.4) is 0 Å². The van der Waals surface area contributed by atoms with Crippen LogP contribution < -0.4 is 5.32 Å². The van der Waals surface area contributed by atoms with E-state index in [1.807, 2.05) is 18.2 Å². The topological polar surface area (TPSA) is 24.4 Å². The van der Waals surface area contributed by atoms with Crippen molar-refractivity contribution in [3.8, 4) is 0 Å². The molecule has 1 aromatic rings. The van der Waals surface area contributed by atoms with Crippen LogP contribution in [0.25, 0.3) is 0 Å². The highest BCUT2D eigenvalue weighted by molar-refractivity contribution is 9.10. The normalized spacial score (nSPS) is 16.5. The fourth-order valence-corrected chi connectivity index (χ4v) is 2.14. The molecule has 16 heavy (non-hydrogen) atoms. The molecule has 1 heterocycles. The maximum Gasteiger partial charge on any atom is 0.101 e. The molecule has 1 N–H and O–H groups in total. The predicted molar refractivity (Wildman–Crippen MR) is 73.5 cm³/mol. The Morgan fingerprint density at radius 2 is 2.12 bits per heavy atom. The van der Waals surface area contributed by atoms with E-state index in [1.165, 1.54) is 19.3 Å². The number of hydrogen-bond acceptors (Lipinski definition) is 2. The molecule has 0 saturated heterocycles. The van der Waals surface area contributed by atoms with Crippen LogP contribution in [0.15, 0.2) is 27.7 Å². The third-order valence-corrected chi connectivity index (χ3v) is 3.82. The molecule has 1 aliphatic rings. The zero-order valence-electron chi connectivity index (χ0n) is 8.97. The predicted octanol–water partition coefficient (Wildman–Crippen LogP) is 4.49. The molecule has 0 amide bonds. The first-order valence-electron chi connectivity index (χ1n) is 5.51. The van der Waals surface area contributed by atoms with Gasteiger partial charge in [0.2, 0.25) is 0 Å². The van der Waals surface area contributed by atoms with Crippen molar-refractivity contribution in [3.05, 3.63) is 27.7 Å². The Bertz CT molecular complexity index is 404. The summed E-state index contributed by atoms with van der Waals surface area (Å²) in [6.45, 7) is 0.937. The Hall–Kier alpha value is -0.540. The minimum absolute atomic E-state index is 0.722. The fourth-order valence-electron chi connectivity index (χ4n) is 1.72. The van der Waals surface area contributed by atoms with Crippen LogP contribution in [0.1, 0.15) is 25.7 Å². The van der Waals surface area contributed by atoms with Gasteiger partial charge in [0.1, 0.15) is 5.84 Å². The summed E-state index contributed by atoms with van der Waals surface area (Å²) in [4.78, 5) is 4.52. The lowest BCUT2D eigenvalue weighted by molar-refractivity contribution is 0.731. The molecule has 0 aliphatic carbocycles. The van der Waals surface area contributed by atoms with Gasteiger partial charge in [0.15, 0.2) is 0 Å². The highest BCUT2D eigenvalue weighted by Gasteiger charge is 2.05. The first-order chi connectivity index (χ1) is 7.75. The van der Waals surface area contributed by atoms with Crippen LogP contribution in [0.2, 0.25) is 5.02 Å². The molecule has 0 bridgehead atoms. The molecular formula is C12H14BrClN2. The van der Waals surface area contributed by atoms with Crippen molar-refractivity contribution in [2.75, 3.05) is 11.9 Å². The maximum atomic E-state index is 6.04. The van der Waals surface area contributed by atoms with Crippen molar-refractivity contribution in [1.29, 1.82) is 0 Å². The van der Waals surface area contributed by atoms with Crippen LogP contribution in [-0.4, -0.2) is 12.4 Å². The van der Waals surface area contributed by atoms with Crippen molar-refractivity contribution in [2.24, 2.45) is 4.99 Å². The SMILES string of the molecule is Clc1cc(NC2=NCCCCC2)ccc1Br. The first-order valence-corrected chi connectivity index (χ1v) is 6.68. The Labute approximate surface area is 109 Å². The Morgan fingerprint density at radius 1 is 1.25 bits per heavy atom. The fraction of sp³-hybridized carbons (Fsp3) is 0.417. The molecule has 2 rings (SSSR count). The second kappa shape index (κ2) is 5.69. The number of aliphatic imine (C=N–C) groups is 1. The van der Waals surface area contributed by atoms with Crippen molar-refractivity contribution in [1.82, 2.24) is 0 Å². The van der Waals surface area contributed by atoms with Crippen molar-refractivity contribution in [3.63, 3.8) is 0 Å². The highest BCUT2D eigenvalue weighted by atomic mass is 79.9. The zero-order valence-corrected chi connectivity index (χ0v) is 11.3. The zero-order chi connectivity index (χ0) is 11.4. The summed E-state index contributed by atoms with van der Waals surface area (Å²) in [5, 5.41) is 4.06. The summed E-state index contributed by atoms with van der Waals surface area (Å²) in [6.07, 6.45) is 4.73. The van der Waals surface area contributed by atoms with Gasteiger partial charge in [-0.15, -0.1) is 0 Å². The quantitative estimate of drug-likeness (QED) is 0.812. The van der Waals surface area contributed by atoms with Crippen LogP contribution in [0, 0.1) is 0 Å². The second-order valence-electron chi connectivity index (χ2n) is 3.89. The van der Waals surface area contributed by atoms with Gasteiger partial charge in [-0.25, -0.2) is 0 Å². The van der Waals surface area contributed by atoms with E-state index >= 15 is 0 Å². The van der Waals surface area contributed by atoms with Crippen LogP contribution >= 0.6 is 27.5 Å². The summed E-state index contributed by atoms with van der Waals surface area (Å²) in [6, 6.07) is 5.87. The third kappa shape index (κ3) is 3.22. The van der Waals surface area contributed by atoms with Gasteiger partial charge < -0.3 is 5.32 Å². The molecule has 0 fully saturated rings. The summed E-state index contributed by atoms with van der Waals surface area (Å²) in [5.41, 5.74) is 1.01. The lowest BCUT2D eigenvalue weighted by atomic mass is 10.2. The van der Waals surface area contributed by atoms with E-state index in [2.05, 4.69) is 26.2 Å². The largest absolute Gasteiger partial charge is 0.344 e. The number of anilines is 1. The van der Waals surface area contributed by atoms with E-state index in [0.717, 1.165) is 34.0 Å². The van der Waals surface area contributed by atoms with Crippen LogP contribution in [0.5, 0.6) is 0 Å². The van der Waals surface area contributed by atoms with Gasteiger partial charge in [0.05, 0.1) is 5.02 Å². The molecule has 0 unspecified atom stereocenters. The monoisotopic (exact) mass is 300 g/mol. The van der Waals surface area contributed by atoms with E-state index in [9.17, 15) is 0 Å². The lowest BCUT2D eigenvalue weighted by Crippen LogP contribution is -2.11. The van der Waals surface area contributed by atoms with Gasteiger partial charge >= 0.3 is 0 Å². The van der Waals surface area contributed by atoms with Gasteiger partial charge in [-0.2, -0.15) is 0 Å². The number of benzene rings is 1. The van der Waals surface area contributed by atoms with Gasteiger partial charge in [-0.05, 0) is 47.0 Å². The summed E-state index contributed by atoms with van der Waals surface area (Å²) in [5.74, 6) is 1.08. The molecule has 4 heteroatoms. The summed E-state index contributed by atoms with van der Waals surface area (Å²) in [7, 11) is 0. The van der Waals surface area contributed by atoms with Gasteiger partial charge in [-0.1, -0.05) is 18.0 Å². The Kier molecular flexibility index (Phi) is 4.24. The first kappa shape index (κ1) is 11.9. The molecular weight excluding hydrogens is 288 g/mol. The van der Waals surface area contributed by atoms with E-state index in [-0.39, 0.29) is 0 Å². The number of nitrogens with zero attached hydrogens (tertiary/aromatic N) is 1. The molecule has 0 atom stereocenters. The summed E-state index contributed by atoms with van der Waals surface area (Å²) >= 11 is 9.41. The second-order valence-corrected chi connectivity index (χ2v) is 5.15. The number of hydrogen-bond donors (Lipinski definition) is 1. The average Bonchev–Trinajstić information content (AvgIpc) is 2.52. The van der Waals surface area contributed by atoms with Crippen LogP contribution in [0.4, 0.5) is 5.69 Å². The molecule has 1 aromatic carbocycles. The maximum absolute atomic E-state index is 6.04. The van der Waals surface area contributed by atoms with Crippen molar-refractivity contribution >= 4 is 39.1 Å². The van der Waals surface area contributed by atoms with E-state index < -0.39 is 0 Å². The number of rotatable bonds is 1. The molecule has 0 saturated carbocycles. The standard InChI is InChI=1S/C12H14BrClN2/c13-10-6-5-9(8-11(10)14)16-12-4-2-1-3-7-15-12/h5-6,8H,1-4,7H2,(H,15,16). The summed E-state index contributed by atoms with van der Waals surface area (Å²) < 4.78 is 0.919. The van der Waals surface area contributed by atoms with E-state index in [1.54, 1.807) is 0 Å². The smallest absolute Gasteiger partial charge is 0.101 e. The van der Waals surface area contributed by atoms with Gasteiger partial charge in [0.25, 0.3) is 0 Å². The van der Waals surface area contributed by atoms with E-state index in [0.29, 0.717) is 0 Å². The lowest BCUT2D eigenvalue weighted by Gasteiger charge is -2.09. The average molecular weight is 302 g/mol. The van der Waals surface area contributed by atoms with E-state index in [4.69, 9.17) is 11.6 Å². The highest BCUT2D eigenvalue weighted by Crippen LogP contribution is 2.25. The number of amidine groups is 1. The molecule has 1 aliphatic heterocycles. The number of halogens is 2. The molecule has 0 radical (unpaired) electrons. The Morgan fingerprint density at radius 3 is 2.94 bits per heavy atom. The van der Waals surface area contributed by atoms with Crippen molar-refractivity contribution < 1.29 is 0 Å². The molecule has 0 spiro atoms. The third-order valence-electron chi connectivity index (χ3n) is 2.58. The Balaban J connectivity index is 2.07. The number of nitrogens with one attached hydrogen (secondary N) is 1. The molecule has 0 aromatic heterocycles. The minimum atomic E-state index is 0.722.